The summed E-state index contributed by atoms with van der Waals surface area (Å²) in [7, 11) is 0. The quantitative estimate of drug-likeness (QED) is 0.800. The minimum absolute atomic E-state index is 0.408. The molecule has 0 aliphatic carbocycles. The summed E-state index contributed by atoms with van der Waals surface area (Å²) >= 11 is 7.58. The van der Waals surface area contributed by atoms with E-state index in [1.54, 1.807) is 11.3 Å². The summed E-state index contributed by atoms with van der Waals surface area (Å²) in [6, 6.07) is 13.1. The number of hydrogen-bond donors (Lipinski definition) is 1. The summed E-state index contributed by atoms with van der Waals surface area (Å²) in [5.74, 6) is 0. The van der Waals surface area contributed by atoms with Crippen molar-refractivity contribution in [3.8, 4) is 10.4 Å². The molecule has 1 heterocycles. The molecular formula is C15H18ClNS. The van der Waals surface area contributed by atoms with Crippen LogP contribution in [0, 0.1) is 0 Å². The van der Waals surface area contributed by atoms with Gasteiger partial charge in [-0.2, -0.15) is 0 Å². The molecule has 2 aromatic rings. The van der Waals surface area contributed by atoms with Crippen LogP contribution < -0.4 is 5.32 Å². The first-order valence-electron chi connectivity index (χ1n) is 6.29. The summed E-state index contributed by atoms with van der Waals surface area (Å²) in [6.07, 6.45) is 1.16. The Morgan fingerprint density at radius 3 is 2.44 bits per heavy atom. The predicted molar refractivity (Wildman–Crippen MR) is 81.5 cm³/mol. The Labute approximate surface area is 118 Å². The van der Waals surface area contributed by atoms with Gasteiger partial charge in [0.1, 0.15) is 0 Å². The van der Waals surface area contributed by atoms with Crippen LogP contribution in [-0.2, 0) is 0 Å². The lowest BCUT2D eigenvalue weighted by Crippen LogP contribution is -2.19. The van der Waals surface area contributed by atoms with Crippen LogP contribution in [0.15, 0.2) is 36.4 Å². The molecular weight excluding hydrogens is 262 g/mol. The largest absolute Gasteiger partial charge is 0.310 e. The molecule has 1 atom stereocenters. The first kappa shape index (κ1) is 13.6. The van der Waals surface area contributed by atoms with Crippen molar-refractivity contribution in [1.29, 1.82) is 0 Å². The summed E-state index contributed by atoms with van der Waals surface area (Å²) in [5, 5.41) is 3.49. The van der Waals surface area contributed by atoms with Gasteiger partial charge in [0.2, 0.25) is 0 Å². The van der Waals surface area contributed by atoms with E-state index in [0.717, 1.165) is 17.3 Å². The molecule has 0 radical (unpaired) electrons. The second kappa shape index (κ2) is 6.37. The zero-order valence-electron chi connectivity index (χ0n) is 10.7. The smallest absolute Gasteiger partial charge is 0.0934 e. The molecule has 2 rings (SSSR count). The Balaban J connectivity index is 2.10. The fourth-order valence-electron chi connectivity index (χ4n) is 1.88. The van der Waals surface area contributed by atoms with Gasteiger partial charge >= 0.3 is 0 Å². The van der Waals surface area contributed by atoms with Crippen molar-refractivity contribution in [2.24, 2.45) is 0 Å². The van der Waals surface area contributed by atoms with E-state index in [-0.39, 0.29) is 0 Å². The van der Waals surface area contributed by atoms with Gasteiger partial charge in [-0.05, 0) is 43.1 Å². The van der Waals surface area contributed by atoms with Gasteiger partial charge < -0.3 is 5.32 Å². The van der Waals surface area contributed by atoms with Crippen molar-refractivity contribution >= 4 is 22.9 Å². The molecule has 0 aliphatic heterocycles. The van der Waals surface area contributed by atoms with Crippen LogP contribution in [0.2, 0.25) is 4.34 Å². The van der Waals surface area contributed by atoms with Crippen LogP contribution in [-0.4, -0.2) is 6.54 Å². The second-order valence-electron chi connectivity index (χ2n) is 4.40. The molecule has 0 bridgehead atoms. The van der Waals surface area contributed by atoms with Crippen molar-refractivity contribution < 1.29 is 0 Å². The maximum atomic E-state index is 5.96. The highest BCUT2D eigenvalue weighted by molar-refractivity contribution is 7.19. The number of nitrogens with one attached hydrogen (secondary N) is 1. The van der Waals surface area contributed by atoms with E-state index in [1.807, 2.05) is 6.07 Å². The summed E-state index contributed by atoms with van der Waals surface area (Å²) < 4.78 is 0.840. The molecule has 0 spiro atoms. The Hall–Kier alpha value is -0.830. The summed E-state index contributed by atoms with van der Waals surface area (Å²) in [4.78, 5) is 1.22. The highest BCUT2D eigenvalue weighted by atomic mass is 35.5. The lowest BCUT2D eigenvalue weighted by atomic mass is 10.1. The molecule has 1 unspecified atom stereocenters. The zero-order valence-corrected chi connectivity index (χ0v) is 12.3. The third-order valence-corrected chi connectivity index (χ3v) is 4.25. The molecule has 18 heavy (non-hydrogen) atoms. The monoisotopic (exact) mass is 279 g/mol. The van der Waals surface area contributed by atoms with Crippen LogP contribution >= 0.6 is 22.9 Å². The van der Waals surface area contributed by atoms with E-state index in [2.05, 4.69) is 49.5 Å². The van der Waals surface area contributed by atoms with Gasteiger partial charge in [0, 0.05) is 10.9 Å². The van der Waals surface area contributed by atoms with Crippen LogP contribution in [0.5, 0.6) is 0 Å². The Kier molecular flexibility index (Phi) is 4.81. The van der Waals surface area contributed by atoms with Crippen molar-refractivity contribution in [3.63, 3.8) is 0 Å². The molecule has 0 fully saturated rings. The first-order valence-corrected chi connectivity index (χ1v) is 7.49. The molecule has 1 N–H and O–H groups in total. The van der Waals surface area contributed by atoms with Crippen LogP contribution in [0.1, 0.15) is 31.9 Å². The summed E-state index contributed by atoms with van der Waals surface area (Å²) in [5.41, 5.74) is 2.56. The van der Waals surface area contributed by atoms with Gasteiger partial charge in [-0.1, -0.05) is 42.8 Å². The Bertz CT molecular complexity index is 489. The first-order chi connectivity index (χ1) is 8.70. The lowest BCUT2D eigenvalue weighted by molar-refractivity contribution is 0.571. The topological polar surface area (TPSA) is 12.0 Å². The summed E-state index contributed by atoms with van der Waals surface area (Å²) in [6.45, 7) is 5.44. The van der Waals surface area contributed by atoms with E-state index >= 15 is 0 Å². The number of halogens is 1. The highest BCUT2D eigenvalue weighted by Gasteiger charge is 2.05. The fraction of sp³-hybridized carbons (Fsp3) is 0.333. The second-order valence-corrected chi connectivity index (χ2v) is 6.12. The molecule has 96 valence electrons. The van der Waals surface area contributed by atoms with E-state index in [0.29, 0.717) is 6.04 Å². The number of benzene rings is 1. The third-order valence-electron chi connectivity index (χ3n) is 2.97. The Morgan fingerprint density at radius 1 is 1.17 bits per heavy atom. The van der Waals surface area contributed by atoms with Gasteiger partial charge in [0.15, 0.2) is 0 Å². The number of hydrogen-bond acceptors (Lipinski definition) is 2. The minimum Gasteiger partial charge on any atom is -0.310 e. The molecule has 1 aromatic carbocycles. The van der Waals surface area contributed by atoms with Gasteiger partial charge in [0.25, 0.3) is 0 Å². The fourth-order valence-corrected chi connectivity index (χ4v) is 2.93. The highest BCUT2D eigenvalue weighted by Crippen LogP contribution is 2.31. The maximum absolute atomic E-state index is 5.96. The van der Waals surface area contributed by atoms with Gasteiger partial charge in [-0.3, -0.25) is 0 Å². The van der Waals surface area contributed by atoms with Crippen LogP contribution in [0.25, 0.3) is 10.4 Å². The van der Waals surface area contributed by atoms with Gasteiger partial charge in [-0.15, -0.1) is 11.3 Å². The molecule has 0 amide bonds. The van der Waals surface area contributed by atoms with E-state index < -0.39 is 0 Å². The van der Waals surface area contributed by atoms with E-state index in [9.17, 15) is 0 Å². The maximum Gasteiger partial charge on any atom is 0.0934 e. The SMILES string of the molecule is CCCNC(C)c1ccc(-c2ccc(Cl)s2)cc1. The molecule has 0 aliphatic rings. The average molecular weight is 280 g/mol. The number of thiophene rings is 1. The molecule has 1 aromatic heterocycles. The van der Waals surface area contributed by atoms with Crippen molar-refractivity contribution in [2.45, 2.75) is 26.3 Å². The molecule has 3 heteroatoms. The van der Waals surface area contributed by atoms with Crippen LogP contribution in [0.3, 0.4) is 0 Å². The predicted octanol–water partition coefficient (Wildman–Crippen LogP) is 5.13. The van der Waals surface area contributed by atoms with Gasteiger partial charge in [0.05, 0.1) is 4.34 Å². The Morgan fingerprint density at radius 2 is 1.89 bits per heavy atom. The standard InChI is InChI=1S/C15H18ClNS/c1-3-10-17-11(2)12-4-6-13(7-5-12)14-8-9-15(16)18-14/h4-9,11,17H,3,10H2,1-2H3. The van der Waals surface area contributed by atoms with Crippen molar-refractivity contribution in [2.75, 3.05) is 6.54 Å². The lowest BCUT2D eigenvalue weighted by Gasteiger charge is -2.13. The van der Waals surface area contributed by atoms with Crippen molar-refractivity contribution in [3.05, 3.63) is 46.3 Å². The van der Waals surface area contributed by atoms with E-state index in [1.165, 1.54) is 16.0 Å². The number of rotatable bonds is 5. The average Bonchev–Trinajstić information content (AvgIpc) is 2.83. The van der Waals surface area contributed by atoms with Gasteiger partial charge in [-0.25, -0.2) is 0 Å². The third kappa shape index (κ3) is 3.35. The molecule has 0 saturated carbocycles. The zero-order chi connectivity index (χ0) is 13.0. The molecule has 1 nitrogen and oxygen atoms in total. The minimum atomic E-state index is 0.408. The van der Waals surface area contributed by atoms with Crippen LogP contribution in [0.4, 0.5) is 0 Å². The normalized spacial score (nSPS) is 12.6. The van der Waals surface area contributed by atoms with E-state index in [4.69, 9.17) is 11.6 Å². The molecule has 0 saturated heterocycles. The van der Waals surface area contributed by atoms with Crippen molar-refractivity contribution in [1.82, 2.24) is 5.32 Å².